The highest BCUT2D eigenvalue weighted by molar-refractivity contribution is 5.78. The molecular formula is C14H23NO. The van der Waals surface area contributed by atoms with Crippen molar-refractivity contribution in [2.45, 2.75) is 58.3 Å². The number of nitrogens with one attached hydrogen (secondary N) is 1. The molecule has 1 aliphatic heterocycles. The van der Waals surface area contributed by atoms with Gasteiger partial charge in [0.15, 0.2) is 0 Å². The summed E-state index contributed by atoms with van der Waals surface area (Å²) in [5.74, 6) is 0.177. The van der Waals surface area contributed by atoms with Crippen LogP contribution >= 0.6 is 0 Å². The molecule has 1 N–H and O–H groups in total. The maximum absolute atomic E-state index is 11.1. The molecule has 2 nitrogen and oxygen atoms in total. The van der Waals surface area contributed by atoms with E-state index in [1.165, 1.54) is 19.3 Å². The molecule has 0 bridgehead atoms. The Morgan fingerprint density at radius 1 is 1.19 bits per heavy atom. The van der Waals surface area contributed by atoms with Gasteiger partial charge in [-0.2, -0.15) is 0 Å². The predicted octanol–water partition coefficient (Wildman–Crippen LogP) is 3.70. The fourth-order valence-electron chi connectivity index (χ4n) is 1.81. The Balaban J connectivity index is 2.11. The van der Waals surface area contributed by atoms with Gasteiger partial charge in [0.1, 0.15) is 0 Å². The van der Waals surface area contributed by atoms with Gasteiger partial charge in [0.2, 0.25) is 5.91 Å². The topological polar surface area (TPSA) is 29.1 Å². The molecule has 0 aromatic rings. The Morgan fingerprint density at radius 3 is 2.75 bits per heavy atom. The van der Waals surface area contributed by atoms with E-state index in [1.54, 1.807) is 0 Å². The van der Waals surface area contributed by atoms with Crippen molar-refractivity contribution in [1.82, 2.24) is 5.32 Å². The number of allylic oxidation sites excluding steroid dienone is 4. The summed E-state index contributed by atoms with van der Waals surface area (Å²) in [6.07, 6.45) is 15.3. The van der Waals surface area contributed by atoms with Crippen LogP contribution in [0.25, 0.3) is 0 Å². The lowest BCUT2D eigenvalue weighted by molar-refractivity contribution is -0.121. The molecule has 16 heavy (non-hydrogen) atoms. The third-order valence-corrected chi connectivity index (χ3v) is 2.77. The van der Waals surface area contributed by atoms with Crippen LogP contribution in [0.1, 0.15) is 58.3 Å². The minimum atomic E-state index is 0.177. The smallest absolute Gasteiger partial charge is 0.224 e. The van der Waals surface area contributed by atoms with Crippen LogP contribution in [0.5, 0.6) is 0 Å². The summed E-state index contributed by atoms with van der Waals surface area (Å²) >= 11 is 0. The maximum Gasteiger partial charge on any atom is 0.224 e. The molecule has 0 aliphatic carbocycles. The van der Waals surface area contributed by atoms with Gasteiger partial charge in [0.05, 0.1) is 0 Å². The van der Waals surface area contributed by atoms with Gasteiger partial charge in [0.25, 0.3) is 0 Å². The van der Waals surface area contributed by atoms with Crippen molar-refractivity contribution in [3.8, 4) is 0 Å². The van der Waals surface area contributed by atoms with E-state index in [0.717, 1.165) is 31.4 Å². The van der Waals surface area contributed by atoms with Crippen LogP contribution in [0.3, 0.4) is 0 Å². The van der Waals surface area contributed by atoms with E-state index in [1.807, 2.05) is 0 Å². The fourth-order valence-corrected chi connectivity index (χ4v) is 1.81. The molecule has 1 amide bonds. The molecule has 1 fully saturated rings. The standard InChI is InChI=1S/C14H23NO/c1-2-3-4-5-6-7-8-10-13-11-9-12-14(16)15-13/h5-6,10H,2-4,7-9,11-12H2,1H3,(H,15,16)/b6-5+,13-10-. The monoisotopic (exact) mass is 221 g/mol. The van der Waals surface area contributed by atoms with Crippen LogP contribution < -0.4 is 5.32 Å². The molecule has 0 unspecified atom stereocenters. The number of piperidine rings is 1. The zero-order chi connectivity index (χ0) is 11.6. The van der Waals surface area contributed by atoms with E-state index in [4.69, 9.17) is 0 Å². The second-order valence-electron chi connectivity index (χ2n) is 4.32. The average Bonchev–Trinajstić information content (AvgIpc) is 2.28. The third kappa shape index (κ3) is 5.74. The number of carbonyl (C=O) groups is 1. The molecule has 1 rings (SSSR count). The summed E-state index contributed by atoms with van der Waals surface area (Å²) in [7, 11) is 0. The van der Waals surface area contributed by atoms with E-state index in [9.17, 15) is 4.79 Å². The van der Waals surface area contributed by atoms with Crippen molar-refractivity contribution < 1.29 is 4.79 Å². The van der Waals surface area contributed by atoms with Gasteiger partial charge in [-0.3, -0.25) is 4.79 Å². The van der Waals surface area contributed by atoms with Crippen molar-refractivity contribution in [1.29, 1.82) is 0 Å². The fraction of sp³-hybridized carbons (Fsp3) is 0.643. The third-order valence-electron chi connectivity index (χ3n) is 2.77. The van der Waals surface area contributed by atoms with Crippen LogP contribution in [0, 0.1) is 0 Å². The number of carbonyl (C=O) groups excluding carboxylic acids is 1. The SMILES string of the molecule is CCCC/C=C/CC/C=C1/CCCC(=O)N1. The van der Waals surface area contributed by atoms with E-state index >= 15 is 0 Å². The van der Waals surface area contributed by atoms with E-state index in [2.05, 4.69) is 30.5 Å². The average molecular weight is 221 g/mol. The van der Waals surface area contributed by atoms with Crippen molar-refractivity contribution in [2.24, 2.45) is 0 Å². The summed E-state index contributed by atoms with van der Waals surface area (Å²) in [5, 5.41) is 2.93. The van der Waals surface area contributed by atoms with Crippen molar-refractivity contribution in [3.05, 3.63) is 23.9 Å². The molecule has 0 spiro atoms. The molecule has 0 saturated carbocycles. The Hall–Kier alpha value is -1.05. The lowest BCUT2D eigenvalue weighted by Crippen LogP contribution is -2.26. The number of hydrogen-bond acceptors (Lipinski definition) is 1. The first-order valence-electron chi connectivity index (χ1n) is 6.47. The van der Waals surface area contributed by atoms with Crippen LogP contribution in [0.2, 0.25) is 0 Å². The van der Waals surface area contributed by atoms with Crippen LogP contribution in [-0.2, 0) is 4.79 Å². The maximum atomic E-state index is 11.1. The first kappa shape index (κ1) is 13.0. The van der Waals surface area contributed by atoms with Crippen molar-refractivity contribution in [2.75, 3.05) is 0 Å². The van der Waals surface area contributed by atoms with Gasteiger partial charge in [-0.1, -0.05) is 38.0 Å². The van der Waals surface area contributed by atoms with Crippen LogP contribution in [-0.4, -0.2) is 5.91 Å². The summed E-state index contributed by atoms with van der Waals surface area (Å²) in [5.41, 5.74) is 1.12. The highest BCUT2D eigenvalue weighted by atomic mass is 16.1. The summed E-state index contributed by atoms with van der Waals surface area (Å²) in [6, 6.07) is 0. The lowest BCUT2D eigenvalue weighted by atomic mass is 10.1. The minimum Gasteiger partial charge on any atom is -0.330 e. The largest absolute Gasteiger partial charge is 0.330 e. The van der Waals surface area contributed by atoms with Gasteiger partial charge < -0.3 is 5.32 Å². The molecule has 90 valence electrons. The van der Waals surface area contributed by atoms with E-state index < -0.39 is 0 Å². The first-order valence-corrected chi connectivity index (χ1v) is 6.47. The van der Waals surface area contributed by atoms with Crippen molar-refractivity contribution >= 4 is 5.91 Å². The predicted molar refractivity (Wildman–Crippen MR) is 68.0 cm³/mol. The number of unbranched alkanes of at least 4 members (excludes halogenated alkanes) is 3. The Bertz CT molecular complexity index is 266. The van der Waals surface area contributed by atoms with Crippen molar-refractivity contribution in [3.63, 3.8) is 0 Å². The first-order chi connectivity index (χ1) is 7.83. The number of amides is 1. The van der Waals surface area contributed by atoms with E-state index in [-0.39, 0.29) is 5.91 Å². The number of hydrogen-bond donors (Lipinski definition) is 1. The normalized spacial score (nSPS) is 19.3. The Morgan fingerprint density at radius 2 is 2.00 bits per heavy atom. The zero-order valence-corrected chi connectivity index (χ0v) is 10.3. The highest BCUT2D eigenvalue weighted by Gasteiger charge is 2.10. The summed E-state index contributed by atoms with van der Waals surface area (Å²) in [6.45, 7) is 2.21. The summed E-state index contributed by atoms with van der Waals surface area (Å²) in [4.78, 5) is 11.1. The van der Waals surface area contributed by atoms with Gasteiger partial charge >= 0.3 is 0 Å². The molecule has 1 aliphatic rings. The molecule has 1 saturated heterocycles. The Kier molecular flexibility index (Phi) is 6.62. The second-order valence-corrected chi connectivity index (χ2v) is 4.32. The quantitative estimate of drug-likeness (QED) is 0.538. The lowest BCUT2D eigenvalue weighted by Gasteiger charge is -2.14. The summed E-state index contributed by atoms with van der Waals surface area (Å²) < 4.78 is 0. The molecule has 0 radical (unpaired) electrons. The van der Waals surface area contributed by atoms with E-state index in [0.29, 0.717) is 6.42 Å². The molecule has 0 aromatic carbocycles. The molecular weight excluding hydrogens is 198 g/mol. The second kappa shape index (κ2) is 8.14. The highest BCUT2D eigenvalue weighted by Crippen LogP contribution is 2.12. The van der Waals surface area contributed by atoms with Gasteiger partial charge in [-0.15, -0.1) is 0 Å². The molecule has 2 heteroatoms. The molecule has 1 heterocycles. The molecule has 0 aromatic heterocycles. The van der Waals surface area contributed by atoms with Gasteiger partial charge in [-0.25, -0.2) is 0 Å². The molecule has 0 atom stereocenters. The zero-order valence-electron chi connectivity index (χ0n) is 10.3. The van der Waals surface area contributed by atoms with Crippen LogP contribution in [0.15, 0.2) is 23.9 Å². The van der Waals surface area contributed by atoms with Gasteiger partial charge in [0, 0.05) is 12.1 Å². The Labute approximate surface area is 98.8 Å². The van der Waals surface area contributed by atoms with Crippen LogP contribution in [0.4, 0.5) is 0 Å². The van der Waals surface area contributed by atoms with Gasteiger partial charge in [-0.05, 0) is 32.1 Å². The number of rotatable bonds is 6. The minimum absolute atomic E-state index is 0.177.